The number of carbonyl (C=O) groups is 1. The molecule has 4 heteroatoms. The van der Waals surface area contributed by atoms with E-state index in [2.05, 4.69) is 0 Å². The highest BCUT2D eigenvalue weighted by Gasteiger charge is 2.10. The first-order valence-corrected chi connectivity index (χ1v) is 6.30. The van der Waals surface area contributed by atoms with E-state index >= 15 is 0 Å². The van der Waals surface area contributed by atoms with Crippen LogP contribution in [0.4, 0.5) is 0 Å². The molecule has 1 aromatic carbocycles. The minimum Gasteiger partial charge on any atom is -0.493 e. The van der Waals surface area contributed by atoms with Gasteiger partial charge in [0.2, 0.25) is 0 Å². The summed E-state index contributed by atoms with van der Waals surface area (Å²) in [5, 5.41) is -0.478. The number of thioether (sulfide) groups is 1. The summed E-state index contributed by atoms with van der Waals surface area (Å²) in [4.78, 5) is 12.2. The van der Waals surface area contributed by atoms with Crippen LogP contribution in [-0.4, -0.2) is 18.1 Å². The zero-order chi connectivity index (χ0) is 11.3. The molecule has 0 heterocycles. The van der Waals surface area contributed by atoms with Gasteiger partial charge in [-0.25, -0.2) is 0 Å². The van der Waals surface area contributed by atoms with Gasteiger partial charge in [-0.2, -0.15) is 0 Å². The molecule has 0 amide bonds. The number of carbonyl (C=O) groups excluding carboxylic acids is 1. The fourth-order valence-corrected chi connectivity index (χ4v) is 1.71. The van der Waals surface area contributed by atoms with Crippen LogP contribution in [0.3, 0.4) is 0 Å². The average molecular weight is 245 g/mol. The lowest BCUT2D eigenvalue weighted by Crippen LogP contribution is -2.01. The second-order valence-electron chi connectivity index (χ2n) is 2.98. The molecular weight excluding hydrogens is 232 g/mol. The number of rotatable bonds is 5. The van der Waals surface area contributed by atoms with Gasteiger partial charge >= 0.3 is 0 Å². The van der Waals surface area contributed by atoms with Crippen molar-refractivity contribution < 1.29 is 9.53 Å². The highest BCUT2D eigenvalue weighted by molar-refractivity contribution is 7.98. The first kappa shape index (κ1) is 12.4. The highest BCUT2D eigenvalue weighted by atomic mass is 35.5. The summed E-state index contributed by atoms with van der Waals surface area (Å²) >= 11 is 7.06. The number of hydrogen-bond donors (Lipinski definition) is 0. The Morgan fingerprint density at radius 1 is 1.53 bits per heavy atom. The maximum atomic E-state index is 11.1. The predicted molar refractivity (Wildman–Crippen MR) is 64.2 cm³/mol. The molecule has 0 aliphatic heterocycles. The molecule has 0 saturated carbocycles. The Kier molecular flexibility index (Phi) is 4.99. The molecule has 0 saturated heterocycles. The van der Waals surface area contributed by atoms with Crippen LogP contribution in [-0.2, 0) is 0 Å². The third kappa shape index (κ3) is 3.43. The molecule has 0 spiro atoms. The van der Waals surface area contributed by atoms with E-state index < -0.39 is 5.24 Å². The Morgan fingerprint density at radius 2 is 2.27 bits per heavy atom. The molecule has 0 aliphatic carbocycles. The maximum Gasteiger partial charge on any atom is 0.256 e. The van der Waals surface area contributed by atoms with Crippen LogP contribution < -0.4 is 4.74 Å². The predicted octanol–water partition coefficient (Wildman–Crippen LogP) is 3.58. The molecule has 0 N–H and O–H groups in total. The van der Waals surface area contributed by atoms with Gasteiger partial charge in [-0.05, 0) is 42.5 Å². The third-order valence-electron chi connectivity index (χ3n) is 1.86. The van der Waals surface area contributed by atoms with E-state index in [-0.39, 0.29) is 0 Å². The van der Waals surface area contributed by atoms with E-state index in [1.807, 2.05) is 25.3 Å². The Morgan fingerprint density at radius 3 is 2.80 bits per heavy atom. The van der Waals surface area contributed by atoms with Crippen molar-refractivity contribution in [3.8, 4) is 5.75 Å². The fourth-order valence-electron chi connectivity index (χ4n) is 1.12. The lowest BCUT2D eigenvalue weighted by molar-refractivity contribution is 0.107. The van der Waals surface area contributed by atoms with Gasteiger partial charge in [0.1, 0.15) is 5.75 Å². The summed E-state index contributed by atoms with van der Waals surface area (Å²) < 4.78 is 5.47. The Hall–Kier alpha value is -0.670. The molecule has 82 valence electrons. The van der Waals surface area contributed by atoms with Crippen molar-refractivity contribution in [1.29, 1.82) is 0 Å². The quantitative estimate of drug-likeness (QED) is 0.585. The third-order valence-corrected chi connectivity index (χ3v) is 2.79. The molecule has 1 rings (SSSR count). The normalized spacial score (nSPS) is 10.1. The van der Waals surface area contributed by atoms with Crippen molar-refractivity contribution in [2.45, 2.75) is 18.2 Å². The first-order chi connectivity index (χ1) is 7.19. The average Bonchev–Trinajstić information content (AvgIpc) is 2.25. The number of halogens is 1. The molecule has 0 aromatic heterocycles. The standard InChI is InChI=1S/C11H13ClO2S/c1-3-6-14-10-7-8(15-2)4-5-9(10)11(12)13/h4-5,7H,3,6H2,1-2H3. The van der Waals surface area contributed by atoms with Crippen LogP contribution in [0.2, 0.25) is 0 Å². The lowest BCUT2D eigenvalue weighted by Gasteiger charge is -2.09. The minimum atomic E-state index is -0.478. The monoisotopic (exact) mass is 244 g/mol. The van der Waals surface area contributed by atoms with Crippen molar-refractivity contribution in [2.75, 3.05) is 12.9 Å². The minimum absolute atomic E-state index is 0.433. The van der Waals surface area contributed by atoms with E-state index in [0.29, 0.717) is 17.9 Å². The van der Waals surface area contributed by atoms with Crippen molar-refractivity contribution in [3.63, 3.8) is 0 Å². The van der Waals surface area contributed by atoms with Crippen molar-refractivity contribution in [2.24, 2.45) is 0 Å². The van der Waals surface area contributed by atoms with Crippen LogP contribution in [0, 0.1) is 0 Å². The zero-order valence-corrected chi connectivity index (χ0v) is 10.3. The second kappa shape index (κ2) is 6.03. The summed E-state index contributed by atoms with van der Waals surface area (Å²) in [6.07, 6.45) is 2.88. The Bertz CT molecular complexity index is 352. The summed E-state index contributed by atoms with van der Waals surface area (Å²) in [6, 6.07) is 5.40. The second-order valence-corrected chi connectivity index (χ2v) is 4.21. The number of hydrogen-bond acceptors (Lipinski definition) is 3. The smallest absolute Gasteiger partial charge is 0.256 e. The van der Waals surface area contributed by atoms with Gasteiger partial charge in [-0.15, -0.1) is 11.8 Å². The SMILES string of the molecule is CCCOc1cc(SC)ccc1C(=O)Cl. The van der Waals surface area contributed by atoms with Crippen LogP contribution in [0.25, 0.3) is 0 Å². The van der Waals surface area contributed by atoms with Crippen molar-refractivity contribution >= 4 is 28.6 Å². The summed E-state index contributed by atoms with van der Waals surface area (Å²) in [6.45, 7) is 2.61. The van der Waals surface area contributed by atoms with Gasteiger partial charge in [0, 0.05) is 4.90 Å². The molecule has 0 atom stereocenters. The van der Waals surface area contributed by atoms with E-state index in [9.17, 15) is 4.79 Å². The lowest BCUT2D eigenvalue weighted by atomic mass is 10.2. The van der Waals surface area contributed by atoms with Crippen LogP contribution in [0.15, 0.2) is 23.1 Å². The zero-order valence-electron chi connectivity index (χ0n) is 8.75. The first-order valence-electron chi connectivity index (χ1n) is 4.69. The maximum absolute atomic E-state index is 11.1. The summed E-state index contributed by atoms with van der Waals surface area (Å²) in [5.41, 5.74) is 0.433. The molecule has 0 bridgehead atoms. The van der Waals surface area contributed by atoms with Crippen LogP contribution in [0.5, 0.6) is 5.75 Å². The van der Waals surface area contributed by atoms with E-state index in [1.54, 1.807) is 17.8 Å². The number of benzene rings is 1. The van der Waals surface area contributed by atoms with Crippen LogP contribution >= 0.6 is 23.4 Å². The molecule has 1 aromatic rings. The van der Waals surface area contributed by atoms with Gasteiger partial charge in [-0.3, -0.25) is 4.79 Å². The van der Waals surface area contributed by atoms with E-state index in [0.717, 1.165) is 11.3 Å². The molecule has 0 aliphatic rings. The largest absolute Gasteiger partial charge is 0.493 e. The summed E-state index contributed by atoms with van der Waals surface area (Å²) in [5.74, 6) is 0.573. The molecule has 0 radical (unpaired) electrons. The molecule has 0 unspecified atom stereocenters. The van der Waals surface area contributed by atoms with Gasteiger partial charge in [0.25, 0.3) is 5.24 Å². The van der Waals surface area contributed by atoms with Gasteiger partial charge in [0.05, 0.1) is 12.2 Å². The number of ether oxygens (including phenoxy) is 1. The molecule has 2 nitrogen and oxygen atoms in total. The topological polar surface area (TPSA) is 26.3 Å². The van der Waals surface area contributed by atoms with Gasteiger partial charge in [-0.1, -0.05) is 6.92 Å². The van der Waals surface area contributed by atoms with Gasteiger partial charge < -0.3 is 4.74 Å². The summed E-state index contributed by atoms with van der Waals surface area (Å²) in [7, 11) is 0. The van der Waals surface area contributed by atoms with E-state index in [1.165, 1.54) is 0 Å². The fraction of sp³-hybridized carbons (Fsp3) is 0.364. The van der Waals surface area contributed by atoms with Gasteiger partial charge in [0.15, 0.2) is 0 Å². The molecule has 15 heavy (non-hydrogen) atoms. The Balaban J connectivity index is 2.99. The van der Waals surface area contributed by atoms with Crippen molar-refractivity contribution in [3.05, 3.63) is 23.8 Å². The Labute approximate surface area is 99.0 Å². The van der Waals surface area contributed by atoms with Crippen molar-refractivity contribution in [1.82, 2.24) is 0 Å². The molecular formula is C11H13ClO2S. The van der Waals surface area contributed by atoms with E-state index in [4.69, 9.17) is 16.3 Å². The highest BCUT2D eigenvalue weighted by Crippen LogP contribution is 2.26. The van der Waals surface area contributed by atoms with Crippen LogP contribution in [0.1, 0.15) is 23.7 Å². The molecule has 0 fully saturated rings.